The Morgan fingerprint density at radius 2 is 2.04 bits per heavy atom. The Morgan fingerprint density at radius 1 is 1.35 bits per heavy atom. The smallest absolute Gasteiger partial charge is 0.274 e. The van der Waals surface area contributed by atoms with E-state index in [1.807, 2.05) is 42.7 Å². The number of hydrogen-bond donors (Lipinski definition) is 1. The third kappa shape index (κ3) is 3.33. The molecule has 2 heterocycles. The zero-order valence-electron chi connectivity index (χ0n) is 15.8. The summed E-state index contributed by atoms with van der Waals surface area (Å²) in [6, 6.07) is 7.33. The molecule has 0 spiro atoms. The van der Waals surface area contributed by atoms with Gasteiger partial charge in [-0.05, 0) is 51.3 Å². The van der Waals surface area contributed by atoms with Crippen molar-refractivity contribution in [3.05, 3.63) is 48.0 Å². The molecule has 2 atom stereocenters. The molecule has 1 aromatic heterocycles. The summed E-state index contributed by atoms with van der Waals surface area (Å²) in [6.45, 7) is 6.49. The van der Waals surface area contributed by atoms with Crippen LogP contribution in [0, 0.1) is 0 Å². The number of imidazole rings is 1. The van der Waals surface area contributed by atoms with E-state index in [1.54, 1.807) is 31.5 Å². The minimum atomic E-state index is -1.14. The van der Waals surface area contributed by atoms with Crippen LogP contribution < -0.4 is 4.74 Å². The number of nitrogens with zero attached hydrogens (tertiary/aromatic N) is 3. The van der Waals surface area contributed by atoms with E-state index in [2.05, 4.69) is 4.98 Å². The fraction of sp³-hybridized carbons (Fsp3) is 0.500. The number of methoxy groups -OCH3 is 1. The Morgan fingerprint density at radius 3 is 2.62 bits per heavy atom. The average molecular weight is 357 g/mol. The van der Waals surface area contributed by atoms with E-state index < -0.39 is 5.60 Å². The van der Waals surface area contributed by atoms with Crippen molar-refractivity contribution < 1.29 is 14.6 Å². The quantitative estimate of drug-likeness (QED) is 0.893. The molecule has 3 rings (SSSR count). The zero-order valence-corrected chi connectivity index (χ0v) is 15.8. The van der Waals surface area contributed by atoms with Crippen LogP contribution >= 0.6 is 0 Å². The predicted octanol–water partition coefficient (Wildman–Crippen LogP) is 2.98. The van der Waals surface area contributed by atoms with Gasteiger partial charge in [0.1, 0.15) is 17.0 Å². The molecule has 1 aliphatic rings. The third-order valence-corrected chi connectivity index (χ3v) is 5.25. The van der Waals surface area contributed by atoms with Crippen LogP contribution in [0.25, 0.3) is 0 Å². The Balaban J connectivity index is 1.84. The minimum absolute atomic E-state index is 0.124. The van der Waals surface area contributed by atoms with Gasteiger partial charge in [-0.25, -0.2) is 4.98 Å². The fourth-order valence-corrected chi connectivity index (χ4v) is 3.59. The summed E-state index contributed by atoms with van der Waals surface area (Å²) in [7, 11) is 1.61. The Labute approximate surface area is 154 Å². The first kappa shape index (κ1) is 18.5. The lowest BCUT2D eigenvalue weighted by Gasteiger charge is -2.36. The molecule has 0 unspecified atom stereocenters. The van der Waals surface area contributed by atoms with Gasteiger partial charge in [-0.15, -0.1) is 0 Å². The summed E-state index contributed by atoms with van der Waals surface area (Å²) >= 11 is 0. The van der Waals surface area contributed by atoms with E-state index in [0.717, 1.165) is 24.2 Å². The third-order valence-electron chi connectivity index (χ3n) is 5.25. The molecule has 1 N–H and O–H groups in total. The first-order chi connectivity index (χ1) is 12.3. The molecule has 140 valence electrons. The molecule has 0 radical (unpaired) electrons. The van der Waals surface area contributed by atoms with Crippen LogP contribution in [-0.4, -0.2) is 45.2 Å². The molecule has 1 fully saturated rings. The van der Waals surface area contributed by atoms with Crippen molar-refractivity contribution in [1.29, 1.82) is 0 Å². The van der Waals surface area contributed by atoms with E-state index in [-0.39, 0.29) is 18.0 Å². The number of hydrogen-bond acceptors (Lipinski definition) is 4. The van der Waals surface area contributed by atoms with Gasteiger partial charge in [-0.3, -0.25) is 4.79 Å². The van der Waals surface area contributed by atoms with Crippen LogP contribution in [-0.2, 0) is 5.60 Å². The van der Waals surface area contributed by atoms with E-state index in [9.17, 15) is 9.90 Å². The molecule has 0 saturated carbocycles. The Kier molecular flexibility index (Phi) is 5.05. The molecule has 1 aromatic carbocycles. The normalized spacial score (nSPS) is 19.6. The highest BCUT2D eigenvalue weighted by Gasteiger charge is 2.43. The van der Waals surface area contributed by atoms with Crippen molar-refractivity contribution in [3.63, 3.8) is 0 Å². The van der Waals surface area contributed by atoms with Crippen molar-refractivity contribution in [2.45, 2.75) is 51.3 Å². The van der Waals surface area contributed by atoms with Crippen LogP contribution in [0.15, 0.2) is 36.8 Å². The second-order valence-corrected chi connectivity index (χ2v) is 7.33. The van der Waals surface area contributed by atoms with Gasteiger partial charge in [-0.2, -0.15) is 0 Å². The van der Waals surface area contributed by atoms with Gasteiger partial charge in [-0.1, -0.05) is 12.1 Å². The molecule has 0 aliphatic carbocycles. The van der Waals surface area contributed by atoms with E-state index in [4.69, 9.17) is 4.74 Å². The monoisotopic (exact) mass is 357 g/mol. The van der Waals surface area contributed by atoms with Crippen LogP contribution in [0.1, 0.15) is 55.7 Å². The second kappa shape index (κ2) is 7.11. The molecular weight excluding hydrogens is 330 g/mol. The molecular formula is C20H27N3O3. The number of benzene rings is 1. The van der Waals surface area contributed by atoms with E-state index >= 15 is 0 Å². The fourth-order valence-electron chi connectivity index (χ4n) is 3.59. The van der Waals surface area contributed by atoms with Gasteiger partial charge < -0.3 is 19.3 Å². The number of amides is 1. The first-order valence-electron chi connectivity index (χ1n) is 9.06. The molecule has 6 heteroatoms. The Bertz CT molecular complexity index is 765. The Hall–Kier alpha value is -2.34. The topological polar surface area (TPSA) is 67.6 Å². The number of aliphatic hydroxyl groups is 1. The lowest BCUT2D eigenvalue weighted by atomic mass is 9.86. The van der Waals surface area contributed by atoms with Gasteiger partial charge in [0.05, 0.1) is 19.5 Å². The molecule has 1 amide bonds. The number of rotatable bonds is 5. The first-order valence-corrected chi connectivity index (χ1v) is 9.06. The highest BCUT2D eigenvalue weighted by Crippen LogP contribution is 2.36. The van der Waals surface area contributed by atoms with Crippen molar-refractivity contribution in [1.82, 2.24) is 14.5 Å². The van der Waals surface area contributed by atoms with Crippen LogP contribution in [0.5, 0.6) is 5.75 Å². The maximum absolute atomic E-state index is 13.0. The van der Waals surface area contributed by atoms with Crippen LogP contribution in [0.4, 0.5) is 0 Å². The van der Waals surface area contributed by atoms with E-state index in [0.29, 0.717) is 12.2 Å². The summed E-state index contributed by atoms with van der Waals surface area (Å²) in [6.07, 6.45) is 5.10. The largest absolute Gasteiger partial charge is 0.497 e. The van der Waals surface area contributed by atoms with Crippen molar-refractivity contribution >= 4 is 5.91 Å². The predicted molar refractivity (Wildman–Crippen MR) is 99.2 cm³/mol. The standard InChI is InChI=1S/C20H27N3O3/c1-14(2)22-12-17(21-13-22)19(24)23-11-5-6-18(23)20(3,25)15-7-9-16(26-4)10-8-15/h7-10,12-14,18,25H,5-6,11H2,1-4H3/t18-,20-/m1/s1. The van der Waals surface area contributed by atoms with Crippen molar-refractivity contribution in [2.75, 3.05) is 13.7 Å². The minimum Gasteiger partial charge on any atom is -0.497 e. The number of aromatic nitrogens is 2. The van der Waals surface area contributed by atoms with Crippen LogP contribution in [0.3, 0.4) is 0 Å². The van der Waals surface area contributed by atoms with Crippen molar-refractivity contribution in [2.24, 2.45) is 0 Å². The van der Waals surface area contributed by atoms with Gasteiger partial charge >= 0.3 is 0 Å². The molecule has 0 bridgehead atoms. The van der Waals surface area contributed by atoms with Crippen LogP contribution in [0.2, 0.25) is 0 Å². The van der Waals surface area contributed by atoms with E-state index in [1.165, 1.54) is 0 Å². The highest BCUT2D eigenvalue weighted by molar-refractivity contribution is 5.92. The van der Waals surface area contributed by atoms with Gasteiger partial charge in [0, 0.05) is 18.8 Å². The molecule has 1 aliphatic heterocycles. The summed E-state index contributed by atoms with van der Waals surface area (Å²) in [4.78, 5) is 19.0. The summed E-state index contributed by atoms with van der Waals surface area (Å²) in [5, 5.41) is 11.2. The lowest BCUT2D eigenvalue weighted by molar-refractivity contribution is -0.0179. The number of carbonyl (C=O) groups excluding carboxylic acids is 1. The molecule has 26 heavy (non-hydrogen) atoms. The summed E-state index contributed by atoms with van der Waals surface area (Å²) in [5.41, 5.74) is 0.0609. The van der Waals surface area contributed by atoms with Crippen molar-refractivity contribution in [3.8, 4) is 5.75 Å². The SMILES string of the molecule is COc1ccc([C@@](C)(O)[C@H]2CCCN2C(=O)c2cn(C(C)C)cn2)cc1. The second-order valence-electron chi connectivity index (χ2n) is 7.33. The van der Waals surface area contributed by atoms with Gasteiger partial charge in [0.15, 0.2) is 0 Å². The molecule has 6 nitrogen and oxygen atoms in total. The average Bonchev–Trinajstić information content (AvgIpc) is 3.31. The number of ether oxygens (including phenoxy) is 1. The summed E-state index contributed by atoms with van der Waals surface area (Å²) in [5.74, 6) is 0.615. The maximum Gasteiger partial charge on any atom is 0.274 e. The highest BCUT2D eigenvalue weighted by atomic mass is 16.5. The number of carbonyl (C=O) groups is 1. The summed E-state index contributed by atoms with van der Waals surface area (Å²) < 4.78 is 7.11. The zero-order chi connectivity index (χ0) is 18.9. The van der Waals surface area contributed by atoms with Gasteiger partial charge in [0.2, 0.25) is 0 Å². The maximum atomic E-state index is 13.0. The lowest BCUT2D eigenvalue weighted by Crippen LogP contribution is -2.48. The molecule has 1 saturated heterocycles. The van der Waals surface area contributed by atoms with Gasteiger partial charge in [0.25, 0.3) is 5.91 Å². The number of likely N-dealkylation sites (tertiary alicyclic amines) is 1. The molecule has 2 aromatic rings.